The minimum absolute atomic E-state index is 0.0302. The van der Waals surface area contributed by atoms with Crippen molar-refractivity contribution in [1.82, 2.24) is 0 Å². The van der Waals surface area contributed by atoms with Crippen LogP contribution < -0.4 is 11.1 Å². The summed E-state index contributed by atoms with van der Waals surface area (Å²) in [6, 6.07) is 2.12. The van der Waals surface area contributed by atoms with Crippen molar-refractivity contribution in [2.45, 2.75) is 19.4 Å². The third-order valence-electron chi connectivity index (χ3n) is 1.83. The molecule has 6 heteroatoms. The lowest BCUT2D eigenvalue weighted by Crippen LogP contribution is -2.45. The van der Waals surface area contributed by atoms with Gasteiger partial charge in [-0.2, -0.15) is 0 Å². The molecule has 0 atom stereocenters. The molecule has 1 rings (SSSR count). The maximum Gasteiger partial charge on any atom is 0.243 e. The molecule has 0 aromatic heterocycles. The predicted octanol–water partition coefficient (Wildman–Crippen LogP) is 2.81. The molecule has 16 heavy (non-hydrogen) atoms. The number of hydrogen-bond acceptors (Lipinski definition) is 2. The van der Waals surface area contributed by atoms with Gasteiger partial charge in [0.2, 0.25) is 5.91 Å². The van der Waals surface area contributed by atoms with Crippen LogP contribution in [0.25, 0.3) is 0 Å². The Morgan fingerprint density at radius 2 is 1.81 bits per heavy atom. The molecular weight excluding hydrogens is 254 g/mol. The fraction of sp³-hybridized carbons (Fsp3) is 0.300. The van der Waals surface area contributed by atoms with Gasteiger partial charge >= 0.3 is 0 Å². The van der Waals surface area contributed by atoms with Crippen LogP contribution >= 0.6 is 23.2 Å². The third kappa shape index (κ3) is 3.07. The van der Waals surface area contributed by atoms with Crippen LogP contribution in [0.1, 0.15) is 13.8 Å². The van der Waals surface area contributed by atoms with E-state index in [0.717, 1.165) is 12.1 Å². The molecule has 0 aliphatic carbocycles. The van der Waals surface area contributed by atoms with Crippen molar-refractivity contribution >= 4 is 34.8 Å². The van der Waals surface area contributed by atoms with Crippen LogP contribution in [0.5, 0.6) is 0 Å². The largest absolute Gasteiger partial charge is 0.322 e. The molecule has 1 aromatic rings. The van der Waals surface area contributed by atoms with Gasteiger partial charge < -0.3 is 11.1 Å². The van der Waals surface area contributed by atoms with Crippen LogP contribution in [-0.4, -0.2) is 11.4 Å². The summed E-state index contributed by atoms with van der Waals surface area (Å²) in [4.78, 5) is 11.6. The highest BCUT2D eigenvalue weighted by Gasteiger charge is 2.23. The topological polar surface area (TPSA) is 55.1 Å². The molecule has 3 N–H and O–H groups in total. The number of carbonyl (C=O) groups is 1. The highest BCUT2D eigenvalue weighted by atomic mass is 35.5. The molecule has 0 unspecified atom stereocenters. The van der Waals surface area contributed by atoms with Crippen molar-refractivity contribution in [3.05, 3.63) is 28.0 Å². The first-order valence-electron chi connectivity index (χ1n) is 4.46. The van der Waals surface area contributed by atoms with Crippen LogP contribution in [0.4, 0.5) is 10.1 Å². The maximum absolute atomic E-state index is 12.9. The maximum atomic E-state index is 12.9. The van der Waals surface area contributed by atoms with E-state index in [1.54, 1.807) is 0 Å². The van der Waals surface area contributed by atoms with Gasteiger partial charge in [0.25, 0.3) is 0 Å². The lowest BCUT2D eigenvalue weighted by Gasteiger charge is -2.19. The summed E-state index contributed by atoms with van der Waals surface area (Å²) < 4.78 is 12.9. The Morgan fingerprint density at radius 1 is 1.38 bits per heavy atom. The quantitative estimate of drug-likeness (QED) is 0.863. The van der Waals surface area contributed by atoms with Crippen LogP contribution in [0.3, 0.4) is 0 Å². The van der Waals surface area contributed by atoms with Gasteiger partial charge in [0, 0.05) is 0 Å². The first-order chi connectivity index (χ1) is 7.21. The van der Waals surface area contributed by atoms with Crippen molar-refractivity contribution < 1.29 is 9.18 Å². The molecule has 0 saturated heterocycles. The zero-order valence-corrected chi connectivity index (χ0v) is 10.3. The molecule has 0 heterocycles. The average molecular weight is 265 g/mol. The smallest absolute Gasteiger partial charge is 0.243 e. The minimum Gasteiger partial charge on any atom is -0.322 e. The highest BCUT2D eigenvalue weighted by Crippen LogP contribution is 2.31. The molecule has 0 aliphatic heterocycles. The van der Waals surface area contributed by atoms with Crippen molar-refractivity contribution in [3.63, 3.8) is 0 Å². The molecule has 1 aromatic carbocycles. The molecule has 0 saturated carbocycles. The van der Waals surface area contributed by atoms with E-state index in [2.05, 4.69) is 5.32 Å². The first-order valence-corrected chi connectivity index (χ1v) is 5.22. The summed E-state index contributed by atoms with van der Waals surface area (Å²) in [7, 11) is 0. The molecule has 0 radical (unpaired) electrons. The number of amides is 1. The summed E-state index contributed by atoms with van der Waals surface area (Å²) in [5, 5.41) is 2.51. The van der Waals surface area contributed by atoms with Crippen molar-refractivity contribution in [2.75, 3.05) is 5.32 Å². The van der Waals surface area contributed by atoms with E-state index in [1.807, 2.05) is 0 Å². The molecular formula is C10H11Cl2FN2O. The number of anilines is 1. The van der Waals surface area contributed by atoms with Crippen molar-refractivity contribution in [2.24, 2.45) is 5.73 Å². The second-order valence-corrected chi connectivity index (χ2v) is 4.73. The standard InChI is InChI=1S/C10H11Cl2FN2O/c1-10(2,14)9(16)15-8-6(11)3-5(13)4-7(8)12/h3-4H,14H2,1-2H3,(H,15,16). The molecule has 0 aliphatic rings. The molecule has 3 nitrogen and oxygen atoms in total. The second-order valence-electron chi connectivity index (χ2n) is 3.92. The van der Waals surface area contributed by atoms with Crippen LogP contribution in [0, 0.1) is 5.82 Å². The van der Waals surface area contributed by atoms with Gasteiger partial charge in [-0.05, 0) is 26.0 Å². The van der Waals surface area contributed by atoms with E-state index in [-0.39, 0.29) is 15.7 Å². The Balaban J connectivity index is 3.03. The third-order valence-corrected chi connectivity index (χ3v) is 2.43. The predicted molar refractivity (Wildman–Crippen MR) is 63.3 cm³/mol. The highest BCUT2D eigenvalue weighted by molar-refractivity contribution is 6.39. The Hall–Kier alpha value is -0.840. The zero-order chi connectivity index (χ0) is 12.5. The van der Waals surface area contributed by atoms with E-state index in [9.17, 15) is 9.18 Å². The van der Waals surface area contributed by atoms with Gasteiger partial charge in [0.15, 0.2) is 0 Å². The van der Waals surface area contributed by atoms with E-state index in [1.165, 1.54) is 13.8 Å². The SMILES string of the molecule is CC(C)(N)C(=O)Nc1c(Cl)cc(F)cc1Cl. The minimum atomic E-state index is -1.07. The summed E-state index contributed by atoms with van der Waals surface area (Å²) in [5.41, 5.74) is 4.68. The molecule has 1 amide bonds. The van der Waals surface area contributed by atoms with Gasteiger partial charge in [-0.3, -0.25) is 4.79 Å². The zero-order valence-electron chi connectivity index (χ0n) is 8.77. The van der Waals surface area contributed by atoms with Gasteiger partial charge in [-0.25, -0.2) is 4.39 Å². The Morgan fingerprint density at radius 3 is 2.19 bits per heavy atom. The van der Waals surface area contributed by atoms with Crippen LogP contribution in [0.2, 0.25) is 10.0 Å². The molecule has 0 fully saturated rings. The van der Waals surface area contributed by atoms with E-state index in [4.69, 9.17) is 28.9 Å². The normalized spacial score (nSPS) is 11.4. The summed E-state index contributed by atoms with van der Waals surface area (Å²) in [6.07, 6.45) is 0. The number of nitrogens with one attached hydrogen (secondary N) is 1. The number of hydrogen-bond donors (Lipinski definition) is 2. The second kappa shape index (κ2) is 4.57. The van der Waals surface area contributed by atoms with E-state index < -0.39 is 17.3 Å². The summed E-state index contributed by atoms with van der Waals surface area (Å²) in [6.45, 7) is 3.07. The molecule has 88 valence electrons. The van der Waals surface area contributed by atoms with E-state index >= 15 is 0 Å². The van der Waals surface area contributed by atoms with Crippen LogP contribution in [-0.2, 0) is 4.79 Å². The number of nitrogens with two attached hydrogens (primary N) is 1. The lowest BCUT2D eigenvalue weighted by atomic mass is 10.1. The fourth-order valence-electron chi connectivity index (χ4n) is 0.936. The monoisotopic (exact) mass is 264 g/mol. The Bertz CT molecular complexity index is 406. The summed E-state index contributed by atoms with van der Waals surface area (Å²) >= 11 is 11.5. The van der Waals surface area contributed by atoms with Gasteiger partial charge in [0.1, 0.15) is 5.82 Å². The number of halogens is 3. The fourth-order valence-corrected chi connectivity index (χ4v) is 1.49. The molecule has 0 bridgehead atoms. The Labute approximate surface area is 103 Å². The van der Waals surface area contributed by atoms with E-state index in [0.29, 0.717) is 0 Å². The van der Waals surface area contributed by atoms with Gasteiger partial charge in [-0.1, -0.05) is 23.2 Å². The first kappa shape index (κ1) is 13.2. The number of benzene rings is 1. The lowest BCUT2D eigenvalue weighted by molar-refractivity contribution is -0.120. The number of carbonyl (C=O) groups excluding carboxylic acids is 1. The molecule has 0 spiro atoms. The van der Waals surface area contributed by atoms with Gasteiger partial charge in [-0.15, -0.1) is 0 Å². The van der Waals surface area contributed by atoms with Gasteiger partial charge in [0.05, 0.1) is 21.3 Å². The Kier molecular flexibility index (Phi) is 3.78. The summed E-state index contributed by atoms with van der Waals surface area (Å²) in [5.74, 6) is -1.03. The van der Waals surface area contributed by atoms with Crippen LogP contribution in [0.15, 0.2) is 12.1 Å². The average Bonchev–Trinajstić information content (AvgIpc) is 2.08. The number of rotatable bonds is 2. The van der Waals surface area contributed by atoms with Crippen molar-refractivity contribution in [1.29, 1.82) is 0 Å². The van der Waals surface area contributed by atoms with Crippen molar-refractivity contribution in [3.8, 4) is 0 Å².